The maximum Gasteiger partial charge on any atom is 0.338 e. The van der Waals surface area contributed by atoms with Crippen LogP contribution in [0.5, 0.6) is 11.5 Å². The van der Waals surface area contributed by atoms with Crippen LogP contribution in [0.1, 0.15) is 37.0 Å². The summed E-state index contributed by atoms with van der Waals surface area (Å²) in [6, 6.07) is 14.0. The number of nitrogens with zero attached hydrogens (tertiary/aromatic N) is 1. The number of para-hydroxylation sites is 1. The number of carbonyl (C=O) groups excluding carboxylic acids is 2. The number of amides is 1. The van der Waals surface area contributed by atoms with Crippen LogP contribution in [-0.2, 0) is 9.53 Å². The molecule has 0 unspecified atom stereocenters. The Morgan fingerprint density at radius 1 is 0.964 bits per heavy atom. The molecule has 0 atom stereocenters. The number of anilines is 1. The van der Waals surface area contributed by atoms with Crippen molar-refractivity contribution in [2.75, 3.05) is 31.8 Å². The first kappa shape index (κ1) is 21.3. The van der Waals surface area contributed by atoms with Crippen molar-refractivity contribution in [1.29, 1.82) is 0 Å². The van der Waals surface area contributed by atoms with E-state index in [1.807, 2.05) is 37.3 Å². The molecule has 0 saturated heterocycles. The zero-order valence-electron chi connectivity index (χ0n) is 16.6. The van der Waals surface area contributed by atoms with Crippen molar-refractivity contribution in [3.05, 3.63) is 54.1 Å². The molecular weight excluding hydrogens is 358 g/mol. The van der Waals surface area contributed by atoms with Gasteiger partial charge in [-0.2, -0.15) is 0 Å². The van der Waals surface area contributed by atoms with Crippen molar-refractivity contribution in [2.24, 2.45) is 0 Å². The molecule has 6 heteroatoms. The molecule has 1 amide bonds. The van der Waals surface area contributed by atoms with Gasteiger partial charge in [0.25, 0.3) is 5.91 Å². The first-order chi connectivity index (χ1) is 13.6. The highest BCUT2D eigenvalue weighted by Crippen LogP contribution is 2.29. The molecule has 0 radical (unpaired) electrons. The molecule has 0 aliphatic rings. The lowest BCUT2D eigenvalue weighted by Crippen LogP contribution is -2.31. The van der Waals surface area contributed by atoms with E-state index in [2.05, 4.69) is 6.92 Å². The summed E-state index contributed by atoms with van der Waals surface area (Å²) < 4.78 is 16.5. The number of carbonyl (C=O) groups is 2. The van der Waals surface area contributed by atoms with Gasteiger partial charge in [0.05, 0.1) is 18.8 Å². The van der Waals surface area contributed by atoms with Gasteiger partial charge >= 0.3 is 5.97 Å². The molecule has 0 bridgehead atoms. The maximum absolute atomic E-state index is 12.3. The average molecular weight is 385 g/mol. The fourth-order valence-electron chi connectivity index (χ4n) is 2.45. The zero-order chi connectivity index (χ0) is 20.4. The highest BCUT2D eigenvalue weighted by Gasteiger charge is 2.16. The van der Waals surface area contributed by atoms with E-state index in [9.17, 15) is 9.59 Å². The molecule has 0 saturated carbocycles. The van der Waals surface area contributed by atoms with E-state index < -0.39 is 5.97 Å². The number of unbranched alkanes of at least 4 members (excludes halogenated alkanes) is 1. The minimum atomic E-state index is -0.587. The lowest BCUT2D eigenvalue weighted by Gasteiger charge is -2.17. The summed E-state index contributed by atoms with van der Waals surface area (Å²) in [5.41, 5.74) is 1.04. The van der Waals surface area contributed by atoms with Gasteiger partial charge in [-0.1, -0.05) is 31.5 Å². The van der Waals surface area contributed by atoms with Crippen LogP contribution < -0.4 is 14.4 Å². The van der Waals surface area contributed by atoms with E-state index in [4.69, 9.17) is 14.2 Å². The molecule has 0 aliphatic carbocycles. The van der Waals surface area contributed by atoms with Gasteiger partial charge < -0.3 is 19.1 Å². The normalized spacial score (nSPS) is 10.2. The second-order valence-corrected chi connectivity index (χ2v) is 6.16. The van der Waals surface area contributed by atoms with Gasteiger partial charge in [0.1, 0.15) is 0 Å². The third-order valence-corrected chi connectivity index (χ3v) is 4.08. The Morgan fingerprint density at radius 2 is 1.71 bits per heavy atom. The molecule has 6 nitrogen and oxygen atoms in total. The molecular formula is C22H27NO5. The molecule has 2 aromatic rings. The zero-order valence-corrected chi connectivity index (χ0v) is 16.6. The van der Waals surface area contributed by atoms with Gasteiger partial charge in [0, 0.05) is 12.7 Å². The number of ether oxygens (including phenoxy) is 3. The third-order valence-electron chi connectivity index (χ3n) is 4.08. The Labute approximate surface area is 166 Å². The van der Waals surface area contributed by atoms with E-state index >= 15 is 0 Å². The lowest BCUT2D eigenvalue weighted by molar-refractivity contribution is -0.121. The van der Waals surface area contributed by atoms with Crippen LogP contribution in [-0.4, -0.2) is 38.7 Å². The van der Waals surface area contributed by atoms with Crippen LogP contribution in [0.3, 0.4) is 0 Å². The van der Waals surface area contributed by atoms with Gasteiger partial charge in [-0.05, 0) is 43.7 Å². The smallest absolute Gasteiger partial charge is 0.338 e. The summed E-state index contributed by atoms with van der Waals surface area (Å²) in [4.78, 5) is 26.0. The molecule has 0 aromatic heterocycles. The standard InChI is InChI=1S/C22H27NO5/c1-4-6-14-27-19-13-12-17(15-20(19)26-5-2)22(25)28-16-21(24)23(3)18-10-8-7-9-11-18/h7-13,15H,4-6,14,16H2,1-3H3. The highest BCUT2D eigenvalue weighted by atomic mass is 16.5. The Bertz CT molecular complexity index is 776. The number of esters is 1. The quantitative estimate of drug-likeness (QED) is 0.455. The fraction of sp³-hybridized carbons (Fsp3) is 0.364. The van der Waals surface area contributed by atoms with Gasteiger partial charge in [-0.3, -0.25) is 4.79 Å². The van der Waals surface area contributed by atoms with E-state index in [1.165, 1.54) is 4.90 Å². The van der Waals surface area contributed by atoms with Crippen LogP contribution >= 0.6 is 0 Å². The third kappa shape index (κ3) is 6.01. The minimum absolute atomic E-state index is 0.307. The summed E-state index contributed by atoms with van der Waals surface area (Å²) >= 11 is 0. The maximum atomic E-state index is 12.3. The summed E-state index contributed by atoms with van der Waals surface area (Å²) in [7, 11) is 1.64. The number of hydrogen-bond donors (Lipinski definition) is 0. The Morgan fingerprint density at radius 3 is 2.39 bits per heavy atom. The molecule has 0 N–H and O–H groups in total. The van der Waals surface area contributed by atoms with Crippen LogP contribution in [0.4, 0.5) is 5.69 Å². The van der Waals surface area contributed by atoms with E-state index in [0.29, 0.717) is 30.3 Å². The fourth-order valence-corrected chi connectivity index (χ4v) is 2.45. The van der Waals surface area contributed by atoms with Crippen LogP contribution in [0.15, 0.2) is 48.5 Å². The first-order valence-electron chi connectivity index (χ1n) is 9.45. The van der Waals surface area contributed by atoms with E-state index in [0.717, 1.165) is 18.5 Å². The lowest BCUT2D eigenvalue weighted by atomic mass is 10.2. The second-order valence-electron chi connectivity index (χ2n) is 6.16. The van der Waals surface area contributed by atoms with Gasteiger partial charge in [0.2, 0.25) is 0 Å². The predicted octanol–water partition coefficient (Wildman–Crippen LogP) is 4.08. The Kier molecular flexibility index (Phi) is 8.34. The summed E-state index contributed by atoms with van der Waals surface area (Å²) in [6.45, 7) is 4.63. The van der Waals surface area contributed by atoms with Crippen molar-refractivity contribution in [3.8, 4) is 11.5 Å². The Hall–Kier alpha value is -3.02. The van der Waals surface area contributed by atoms with Crippen LogP contribution in [0.25, 0.3) is 0 Å². The first-order valence-corrected chi connectivity index (χ1v) is 9.45. The minimum Gasteiger partial charge on any atom is -0.490 e. The van der Waals surface area contributed by atoms with Crippen molar-refractivity contribution in [3.63, 3.8) is 0 Å². The molecule has 0 aliphatic heterocycles. The number of benzene rings is 2. The molecule has 0 spiro atoms. The second kappa shape index (κ2) is 11.0. The largest absolute Gasteiger partial charge is 0.490 e. The highest BCUT2D eigenvalue weighted by molar-refractivity contribution is 5.96. The monoisotopic (exact) mass is 385 g/mol. The van der Waals surface area contributed by atoms with Gasteiger partial charge in [-0.25, -0.2) is 4.79 Å². The number of hydrogen-bond acceptors (Lipinski definition) is 5. The molecule has 0 fully saturated rings. The Balaban J connectivity index is 1.99. The van der Waals surface area contributed by atoms with Crippen molar-refractivity contribution in [2.45, 2.75) is 26.7 Å². The molecule has 28 heavy (non-hydrogen) atoms. The molecule has 150 valence electrons. The topological polar surface area (TPSA) is 65.1 Å². The van der Waals surface area contributed by atoms with E-state index in [1.54, 1.807) is 25.2 Å². The SMILES string of the molecule is CCCCOc1ccc(C(=O)OCC(=O)N(C)c2ccccc2)cc1OCC. The van der Waals surface area contributed by atoms with E-state index in [-0.39, 0.29) is 12.5 Å². The van der Waals surface area contributed by atoms with Gasteiger partial charge in [0.15, 0.2) is 18.1 Å². The van der Waals surface area contributed by atoms with Crippen molar-refractivity contribution >= 4 is 17.6 Å². The van der Waals surface area contributed by atoms with Crippen LogP contribution in [0, 0.1) is 0 Å². The van der Waals surface area contributed by atoms with Gasteiger partial charge in [-0.15, -0.1) is 0 Å². The predicted molar refractivity (Wildman–Crippen MR) is 108 cm³/mol. The number of likely N-dealkylation sites (N-methyl/N-ethyl adjacent to an activating group) is 1. The molecule has 0 heterocycles. The molecule has 2 rings (SSSR count). The number of rotatable bonds is 10. The van der Waals surface area contributed by atoms with Crippen molar-refractivity contribution in [1.82, 2.24) is 0 Å². The summed E-state index contributed by atoms with van der Waals surface area (Å²) in [5, 5.41) is 0. The van der Waals surface area contributed by atoms with Crippen LogP contribution in [0.2, 0.25) is 0 Å². The summed E-state index contributed by atoms with van der Waals surface area (Å²) in [6.07, 6.45) is 1.96. The summed E-state index contributed by atoms with van der Waals surface area (Å²) in [5.74, 6) is 0.174. The molecule has 2 aromatic carbocycles. The average Bonchev–Trinajstić information content (AvgIpc) is 2.73. The van der Waals surface area contributed by atoms with Crippen molar-refractivity contribution < 1.29 is 23.8 Å².